The van der Waals surface area contributed by atoms with Gasteiger partial charge in [0.25, 0.3) is 25.6 Å². The van der Waals surface area contributed by atoms with Crippen molar-refractivity contribution in [2.24, 2.45) is 14.1 Å². The third kappa shape index (κ3) is 8.27. The zero-order valence-electron chi connectivity index (χ0n) is 40.1. The minimum atomic E-state index is -4.00. The Hall–Kier alpha value is -7.13. The van der Waals surface area contributed by atoms with Crippen LogP contribution in [0.4, 0.5) is 0 Å². The second kappa shape index (κ2) is 17.3. The van der Waals surface area contributed by atoms with E-state index >= 15 is 0 Å². The fourth-order valence-corrected chi connectivity index (χ4v) is 13.9. The van der Waals surface area contributed by atoms with E-state index in [0.717, 1.165) is 66.4 Å². The summed E-state index contributed by atoms with van der Waals surface area (Å²) >= 11 is 0. The SMILES string of the molecule is Cc1cc2c(cnn2-c2cc(C)c(=O)n(C)c2)cc1C1(Cc2ccc(Cn3ncc(S(=O)(=O)N4CCC(Cc5ccccc5)(c5cc6cn[nH]c6cc5C)C4)n3)cc2)CCN(S(=O)(=O)c2cnn(C)n2)C1. The van der Waals surface area contributed by atoms with Gasteiger partial charge in [-0.1, -0.05) is 54.6 Å². The number of pyridine rings is 1. The lowest BCUT2D eigenvalue weighted by Gasteiger charge is -2.32. The first-order chi connectivity index (χ1) is 34.0. The van der Waals surface area contributed by atoms with Crippen molar-refractivity contribution in [3.63, 3.8) is 0 Å². The van der Waals surface area contributed by atoms with E-state index in [9.17, 15) is 21.6 Å². The topological polar surface area (TPSA) is 205 Å². The summed E-state index contributed by atoms with van der Waals surface area (Å²) < 4.78 is 63.2. The van der Waals surface area contributed by atoms with Crippen LogP contribution in [0.2, 0.25) is 0 Å². The van der Waals surface area contributed by atoms with Gasteiger partial charge in [0.05, 0.1) is 48.1 Å². The molecular formula is C51H53N13O5S2. The molecular weight excluding hydrogens is 939 g/mol. The molecule has 7 heterocycles. The van der Waals surface area contributed by atoms with E-state index in [1.807, 2.05) is 66.3 Å². The van der Waals surface area contributed by atoms with Crippen LogP contribution in [0.15, 0.2) is 131 Å². The summed E-state index contributed by atoms with van der Waals surface area (Å²) in [5, 5.41) is 30.9. The molecule has 2 saturated heterocycles. The van der Waals surface area contributed by atoms with Crippen LogP contribution in [0.5, 0.6) is 0 Å². The molecule has 0 aliphatic carbocycles. The molecule has 20 heteroatoms. The van der Waals surface area contributed by atoms with Gasteiger partial charge in [0.1, 0.15) is 0 Å². The number of benzene rings is 4. The van der Waals surface area contributed by atoms with Gasteiger partial charge in [-0.05, 0) is 116 Å². The highest BCUT2D eigenvalue weighted by atomic mass is 32.2. The maximum atomic E-state index is 14.4. The predicted molar refractivity (Wildman–Crippen MR) is 267 cm³/mol. The van der Waals surface area contributed by atoms with Crippen molar-refractivity contribution in [2.45, 2.75) is 73.9 Å². The number of aromatic nitrogens is 11. The second-order valence-electron chi connectivity index (χ2n) is 19.5. The number of nitrogens with one attached hydrogen (secondary N) is 1. The first kappa shape index (κ1) is 46.3. The van der Waals surface area contributed by atoms with Crippen LogP contribution in [0.1, 0.15) is 57.3 Å². The largest absolute Gasteiger partial charge is 0.316 e. The van der Waals surface area contributed by atoms with Crippen LogP contribution in [-0.4, -0.2) is 106 Å². The number of rotatable bonds is 13. The van der Waals surface area contributed by atoms with E-state index in [4.69, 9.17) is 5.10 Å². The Morgan fingerprint density at radius 3 is 1.89 bits per heavy atom. The van der Waals surface area contributed by atoms with E-state index in [1.165, 1.54) is 26.3 Å². The Labute approximate surface area is 410 Å². The molecule has 2 aliphatic rings. The van der Waals surface area contributed by atoms with Crippen molar-refractivity contribution < 1.29 is 16.8 Å². The van der Waals surface area contributed by atoms with Gasteiger partial charge >= 0.3 is 0 Å². The van der Waals surface area contributed by atoms with Crippen LogP contribution in [0.3, 0.4) is 0 Å². The van der Waals surface area contributed by atoms with Crippen molar-refractivity contribution in [2.75, 3.05) is 26.2 Å². The van der Waals surface area contributed by atoms with Crippen LogP contribution in [0, 0.1) is 20.8 Å². The molecule has 71 heavy (non-hydrogen) atoms. The Kier molecular flexibility index (Phi) is 11.3. The van der Waals surface area contributed by atoms with E-state index < -0.39 is 30.9 Å². The average molecular weight is 992 g/mol. The molecule has 0 spiro atoms. The van der Waals surface area contributed by atoms with Gasteiger partial charge in [-0.15, -0.1) is 10.2 Å². The molecule has 2 unspecified atom stereocenters. The first-order valence-corrected chi connectivity index (χ1v) is 26.4. The molecule has 5 aromatic heterocycles. The fourth-order valence-electron chi connectivity index (χ4n) is 11.1. The summed E-state index contributed by atoms with van der Waals surface area (Å²) in [5.41, 5.74) is 9.19. The van der Waals surface area contributed by atoms with Gasteiger partial charge in [-0.25, -0.2) is 21.5 Å². The van der Waals surface area contributed by atoms with E-state index in [-0.39, 0.29) is 35.2 Å². The van der Waals surface area contributed by atoms with Gasteiger partial charge in [0, 0.05) is 73.6 Å². The Morgan fingerprint density at radius 1 is 0.634 bits per heavy atom. The quantitative estimate of drug-likeness (QED) is 0.154. The smallest absolute Gasteiger partial charge is 0.264 e. The molecule has 0 amide bonds. The zero-order valence-corrected chi connectivity index (χ0v) is 41.7. The second-order valence-corrected chi connectivity index (χ2v) is 23.3. The standard InChI is InChI=1S/C51H53N13O5S2/c1-34-20-45-40(26-52-56-45)22-43(34)50(24-37-9-7-6-8-10-37)15-18-62(32-50)71(68,69)48-29-54-63(58-48)30-39-13-11-38(12-14-39)25-51(16-17-61(33-51)70(66,67)47-28-53-60(5)57-47)44-23-41-27-55-64(46(41)21-35(44)2)42-19-36(3)49(65)59(4)31-42/h6-14,19-23,26-29,31H,15-18,24-25,30,32-33H2,1-5H3,(H,52,56). The summed E-state index contributed by atoms with van der Waals surface area (Å²) in [6, 6.07) is 28.5. The molecule has 9 aromatic rings. The van der Waals surface area contributed by atoms with E-state index in [1.54, 1.807) is 42.3 Å². The molecule has 0 saturated carbocycles. The molecule has 0 radical (unpaired) electrons. The number of nitrogens with zero attached hydrogens (tertiary/aromatic N) is 12. The molecule has 364 valence electrons. The van der Waals surface area contributed by atoms with E-state index in [0.29, 0.717) is 44.3 Å². The monoisotopic (exact) mass is 991 g/mol. The van der Waals surface area contributed by atoms with Crippen molar-refractivity contribution >= 4 is 41.9 Å². The third-order valence-corrected chi connectivity index (χ3v) is 18.1. The van der Waals surface area contributed by atoms with Crippen LogP contribution in [0.25, 0.3) is 27.5 Å². The van der Waals surface area contributed by atoms with Crippen molar-refractivity contribution in [3.8, 4) is 5.69 Å². The summed E-state index contributed by atoms with van der Waals surface area (Å²) in [6.07, 6.45) is 10.4. The summed E-state index contributed by atoms with van der Waals surface area (Å²) in [4.78, 5) is 15.2. The average Bonchev–Trinajstić information content (AvgIpc) is 4.22. The van der Waals surface area contributed by atoms with Gasteiger partial charge in [-0.2, -0.15) is 38.6 Å². The Morgan fingerprint density at radius 2 is 1.24 bits per heavy atom. The number of H-pyrrole nitrogens is 1. The number of aromatic amines is 1. The minimum Gasteiger partial charge on any atom is -0.316 e. The third-order valence-electron chi connectivity index (χ3n) is 14.6. The highest BCUT2D eigenvalue weighted by molar-refractivity contribution is 7.89. The van der Waals surface area contributed by atoms with Crippen molar-refractivity contribution in [1.82, 2.24) is 63.1 Å². The predicted octanol–water partition coefficient (Wildman–Crippen LogP) is 5.44. The van der Waals surface area contributed by atoms with E-state index in [2.05, 4.69) is 73.9 Å². The summed E-state index contributed by atoms with van der Waals surface area (Å²) in [5.74, 6) is 0. The van der Waals surface area contributed by atoms with Gasteiger partial charge in [-0.3, -0.25) is 9.89 Å². The highest BCUT2D eigenvalue weighted by Crippen LogP contribution is 2.44. The molecule has 1 N–H and O–H groups in total. The molecule has 0 bridgehead atoms. The van der Waals surface area contributed by atoms with Crippen LogP contribution < -0.4 is 5.56 Å². The first-order valence-electron chi connectivity index (χ1n) is 23.5. The normalized spacial score (nSPS) is 19.2. The van der Waals surface area contributed by atoms with Crippen LogP contribution >= 0.6 is 0 Å². The zero-order chi connectivity index (χ0) is 49.5. The number of hydrogen-bond acceptors (Lipinski definition) is 11. The fraction of sp³-hybridized carbons (Fsp3) is 0.314. The lowest BCUT2D eigenvalue weighted by molar-refractivity contribution is 0.411. The van der Waals surface area contributed by atoms with Gasteiger partial charge in [0.15, 0.2) is 0 Å². The van der Waals surface area contributed by atoms with Crippen molar-refractivity contribution in [1.29, 1.82) is 0 Å². The minimum absolute atomic E-state index is 0.0744. The Bertz CT molecular complexity index is 3780. The highest BCUT2D eigenvalue weighted by Gasteiger charge is 2.47. The lowest BCUT2D eigenvalue weighted by Crippen LogP contribution is -2.37. The lowest BCUT2D eigenvalue weighted by atomic mass is 9.73. The number of aryl methyl sites for hydroxylation is 5. The molecule has 2 fully saturated rings. The summed E-state index contributed by atoms with van der Waals surface area (Å²) in [7, 11) is -4.64. The molecule has 11 rings (SSSR count). The molecule has 18 nitrogen and oxygen atoms in total. The molecule has 4 aromatic carbocycles. The number of fused-ring (bicyclic) bond motifs is 2. The van der Waals surface area contributed by atoms with Gasteiger partial charge < -0.3 is 4.57 Å². The van der Waals surface area contributed by atoms with Crippen molar-refractivity contribution in [3.05, 3.63) is 171 Å². The van der Waals surface area contributed by atoms with Gasteiger partial charge in [0.2, 0.25) is 10.1 Å². The maximum absolute atomic E-state index is 14.4. The van der Waals surface area contributed by atoms with Crippen LogP contribution in [-0.2, 0) is 64.4 Å². The molecule has 2 aliphatic heterocycles. The summed E-state index contributed by atoms with van der Waals surface area (Å²) in [6.45, 7) is 7.27. The number of sulfonamides is 2. The molecule has 2 atom stereocenters. The number of hydrogen-bond donors (Lipinski definition) is 1. The Balaban J connectivity index is 0.851. The maximum Gasteiger partial charge on any atom is 0.264 e.